The molecule has 1 aromatic rings. The van der Waals surface area contributed by atoms with Gasteiger partial charge in [0.25, 0.3) is 0 Å². The highest BCUT2D eigenvalue weighted by Crippen LogP contribution is 2.36. The van der Waals surface area contributed by atoms with Crippen molar-refractivity contribution in [3.63, 3.8) is 0 Å². The Hall–Kier alpha value is -2.31. The summed E-state index contributed by atoms with van der Waals surface area (Å²) in [5.74, 6) is -0.977. The minimum absolute atomic E-state index is 0.121. The van der Waals surface area contributed by atoms with E-state index < -0.39 is 16.4 Å². The summed E-state index contributed by atoms with van der Waals surface area (Å²) >= 11 is 0. The molecule has 7 heteroatoms. The summed E-state index contributed by atoms with van der Waals surface area (Å²) in [6.45, 7) is 5.10. The molecule has 0 spiro atoms. The molecule has 7 nitrogen and oxygen atoms in total. The van der Waals surface area contributed by atoms with Crippen molar-refractivity contribution < 1.29 is 19.6 Å². The number of carboxylic acid groups (broad SMARTS) is 1. The minimum Gasteiger partial charge on any atom is -0.487 e. The molecule has 0 aliphatic heterocycles. The van der Waals surface area contributed by atoms with E-state index in [2.05, 4.69) is 5.32 Å². The fourth-order valence-electron chi connectivity index (χ4n) is 1.53. The van der Waals surface area contributed by atoms with Gasteiger partial charge in [0.15, 0.2) is 5.75 Å². The second-order valence-corrected chi connectivity index (χ2v) is 4.81. The van der Waals surface area contributed by atoms with E-state index in [1.54, 1.807) is 6.07 Å². The third kappa shape index (κ3) is 3.59. The summed E-state index contributed by atoms with van der Waals surface area (Å²) in [5, 5.41) is 22.9. The number of nitrogens with zero attached hydrogens (tertiary/aromatic N) is 1. The van der Waals surface area contributed by atoms with E-state index in [-0.39, 0.29) is 17.1 Å². The predicted octanol–water partition coefficient (Wildman–Crippen LogP) is 2.66. The smallest absolute Gasteiger partial charge is 0.333 e. The monoisotopic (exact) mass is 282 g/mol. The van der Waals surface area contributed by atoms with Gasteiger partial charge in [-0.2, -0.15) is 0 Å². The molecule has 0 aliphatic carbocycles. The van der Waals surface area contributed by atoms with Crippen LogP contribution in [-0.4, -0.2) is 28.1 Å². The summed E-state index contributed by atoms with van der Waals surface area (Å²) in [5.41, 5.74) is -1.46. The van der Waals surface area contributed by atoms with Gasteiger partial charge in [-0.05, 0) is 32.4 Å². The van der Waals surface area contributed by atoms with Crippen LogP contribution < -0.4 is 10.1 Å². The van der Waals surface area contributed by atoms with Crippen LogP contribution >= 0.6 is 0 Å². The molecule has 0 saturated heterocycles. The Labute approximate surface area is 116 Å². The Morgan fingerprint density at radius 1 is 1.50 bits per heavy atom. The molecule has 110 valence electrons. The molecule has 1 rings (SSSR count). The second-order valence-electron chi connectivity index (χ2n) is 4.81. The molecule has 20 heavy (non-hydrogen) atoms. The first-order valence-electron chi connectivity index (χ1n) is 6.21. The fourth-order valence-corrected chi connectivity index (χ4v) is 1.53. The zero-order chi connectivity index (χ0) is 15.3. The van der Waals surface area contributed by atoms with Gasteiger partial charge in [-0.15, -0.1) is 0 Å². The van der Waals surface area contributed by atoms with E-state index in [9.17, 15) is 14.9 Å². The number of para-hydroxylation sites is 1. The highest BCUT2D eigenvalue weighted by atomic mass is 16.6. The van der Waals surface area contributed by atoms with Crippen molar-refractivity contribution in [3.8, 4) is 5.75 Å². The maximum atomic E-state index is 11.2. The molecule has 0 heterocycles. The van der Waals surface area contributed by atoms with Crippen molar-refractivity contribution in [3.05, 3.63) is 28.3 Å². The van der Waals surface area contributed by atoms with E-state index in [0.29, 0.717) is 6.61 Å². The zero-order valence-electron chi connectivity index (χ0n) is 11.7. The lowest BCUT2D eigenvalue weighted by Gasteiger charge is -2.22. The lowest BCUT2D eigenvalue weighted by Crippen LogP contribution is -2.40. The number of hydrogen-bond donors (Lipinski definition) is 2. The maximum absolute atomic E-state index is 11.2. The summed E-state index contributed by atoms with van der Waals surface area (Å²) in [6, 6.07) is 4.53. The Balaban J connectivity index is 3.19. The molecule has 0 fully saturated rings. The van der Waals surface area contributed by atoms with Crippen molar-refractivity contribution >= 4 is 17.3 Å². The topological polar surface area (TPSA) is 102 Å². The SMILES string of the molecule is CCCOc1cccc(NC(C)(C)C(=O)O)c1[N+](=O)[O-]. The van der Waals surface area contributed by atoms with E-state index in [1.165, 1.54) is 26.0 Å². The van der Waals surface area contributed by atoms with Crippen LogP contribution in [0.2, 0.25) is 0 Å². The van der Waals surface area contributed by atoms with Crippen LogP contribution in [0, 0.1) is 10.1 Å². The van der Waals surface area contributed by atoms with Crippen LogP contribution in [0.25, 0.3) is 0 Å². The number of rotatable bonds is 7. The van der Waals surface area contributed by atoms with Crippen LogP contribution in [0.5, 0.6) is 5.75 Å². The number of nitro benzene ring substituents is 1. The Morgan fingerprint density at radius 3 is 2.65 bits per heavy atom. The lowest BCUT2D eigenvalue weighted by molar-refractivity contribution is -0.385. The van der Waals surface area contributed by atoms with Crippen LogP contribution in [0.1, 0.15) is 27.2 Å². The van der Waals surface area contributed by atoms with Gasteiger partial charge in [0.05, 0.1) is 11.5 Å². The molecule has 0 saturated carbocycles. The van der Waals surface area contributed by atoms with Crippen molar-refractivity contribution in [1.82, 2.24) is 0 Å². The van der Waals surface area contributed by atoms with Gasteiger partial charge in [-0.25, -0.2) is 4.79 Å². The third-order valence-corrected chi connectivity index (χ3v) is 2.63. The Morgan fingerprint density at radius 2 is 2.15 bits per heavy atom. The van der Waals surface area contributed by atoms with Crippen molar-refractivity contribution in [2.75, 3.05) is 11.9 Å². The highest BCUT2D eigenvalue weighted by Gasteiger charge is 2.31. The van der Waals surface area contributed by atoms with Crippen LogP contribution in [0.4, 0.5) is 11.4 Å². The molecule has 0 bridgehead atoms. The molecule has 0 amide bonds. The quantitative estimate of drug-likeness (QED) is 0.589. The molecule has 0 aromatic heterocycles. The molecule has 2 N–H and O–H groups in total. The molecule has 0 atom stereocenters. The highest BCUT2D eigenvalue weighted by molar-refractivity contribution is 5.83. The fraction of sp³-hybridized carbons (Fsp3) is 0.462. The standard InChI is InChI=1S/C13H18N2O5/c1-4-8-20-10-7-5-6-9(11(10)15(18)19)14-13(2,3)12(16)17/h5-7,14H,4,8H2,1-3H3,(H,16,17). The van der Waals surface area contributed by atoms with Gasteiger partial charge in [-0.3, -0.25) is 10.1 Å². The predicted molar refractivity (Wildman–Crippen MR) is 74.2 cm³/mol. The average Bonchev–Trinajstić information content (AvgIpc) is 2.35. The van der Waals surface area contributed by atoms with E-state index in [4.69, 9.17) is 9.84 Å². The average molecular weight is 282 g/mol. The minimum atomic E-state index is -1.33. The van der Waals surface area contributed by atoms with Crippen molar-refractivity contribution in [2.45, 2.75) is 32.7 Å². The van der Waals surface area contributed by atoms with Crippen LogP contribution in [0.15, 0.2) is 18.2 Å². The van der Waals surface area contributed by atoms with Crippen LogP contribution in [0.3, 0.4) is 0 Å². The summed E-state index contributed by atoms with van der Waals surface area (Å²) in [6.07, 6.45) is 0.718. The van der Waals surface area contributed by atoms with Gasteiger partial charge < -0.3 is 15.2 Å². The second kappa shape index (κ2) is 6.23. The van der Waals surface area contributed by atoms with E-state index in [1.807, 2.05) is 6.92 Å². The summed E-state index contributed by atoms with van der Waals surface area (Å²) < 4.78 is 5.33. The molecule has 1 aromatic carbocycles. The Kier molecular flexibility index (Phi) is 4.90. The van der Waals surface area contributed by atoms with Gasteiger partial charge in [0.2, 0.25) is 0 Å². The normalized spacial score (nSPS) is 10.9. The molecular formula is C13H18N2O5. The van der Waals surface area contributed by atoms with Crippen molar-refractivity contribution in [1.29, 1.82) is 0 Å². The number of anilines is 1. The van der Waals surface area contributed by atoms with E-state index >= 15 is 0 Å². The number of benzene rings is 1. The Bertz CT molecular complexity index is 513. The number of nitro groups is 1. The summed E-state index contributed by atoms with van der Waals surface area (Å²) in [7, 11) is 0. The summed E-state index contributed by atoms with van der Waals surface area (Å²) in [4.78, 5) is 21.7. The molecule has 0 radical (unpaired) electrons. The number of nitrogens with one attached hydrogen (secondary N) is 1. The van der Waals surface area contributed by atoms with Gasteiger partial charge in [-0.1, -0.05) is 13.0 Å². The van der Waals surface area contributed by atoms with Gasteiger partial charge >= 0.3 is 11.7 Å². The lowest BCUT2D eigenvalue weighted by atomic mass is 10.1. The largest absolute Gasteiger partial charge is 0.487 e. The number of ether oxygens (including phenoxy) is 1. The zero-order valence-corrected chi connectivity index (χ0v) is 11.7. The van der Waals surface area contributed by atoms with E-state index in [0.717, 1.165) is 6.42 Å². The molecule has 0 aliphatic rings. The molecule has 0 unspecified atom stereocenters. The number of carboxylic acids is 1. The first kappa shape index (κ1) is 15.7. The number of aliphatic carboxylic acids is 1. The first-order chi connectivity index (χ1) is 9.29. The number of hydrogen-bond acceptors (Lipinski definition) is 5. The maximum Gasteiger partial charge on any atom is 0.333 e. The third-order valence-electron chi connectivity index (χ3n) is 2.63. The van der Waals surface area contributed by atoms with Crippen LogP contribution in [-0.2, 0) is 4.79 Å². The number of carbonyl (C=O) groups is 1. The van der Waals surface area contributed by atoms with Crippen molar-refractivity contribution in [2.24, 2.45) is 0 Å². The van der Waals surface area contributed by atoms with Gasteiger partial charge in [0, 0.05) is 0 Å². The van der Waals surface area contributed by atoms with Gasteiger partial charge in [0.1, 0.15) is 11.2 Å². The molecular weight excluding hydrogens is 264 g/mol. The first-order valence-corrected chi connectivity index (χ1v) is 6.21.